The molecule has 0 saturated heterocycles. The Labute approximate surface area is 103 Å². The predicted molar refractivity (Wildman–Crippen MR) is 60.1 cm³/mol. The molecule has 6 heteroatoms. The summed E-state index contributed by atoms with van der Waals surface area (Å²) in [6.45, 7) is 0. The van der Waals surface area contributed by atoms with Crippen LogP contribution in [0.4, 0.5) is 13.2 Å². The van der Waals surface area contributed by atoms with Crippen molar-refractivity contribution in [1.82, 2.24) is 4.98 Å². The van der Waals surface area contributed by atoms with Crippen molar-refractivity contribution in [2.24, 2.45) is 5.73 Å². The minimum absolute atomic E-state index is 0.00837. The van der Waals surface area contributed by atoms with Crippen LogP contribution in [-0.2, 0) is 6.18 Å². The van der Waals surface area contributed by atoms with E-state index in [-0.39, 0.29) is 18.0 Å². The standard InChI is InChI=1S/C12H15F3N2O/c13-12(14,15)8-1-6-11(17-7-8)18-10-4-2-9(16)3-5-10/h1,6-7,9-10H,2-5,16H2/t9-,10+. The van der Waals surface area contributed by atoms with Gasteiger partial charge in [0.2, 0.25) is 5.88 Å². The monoisotopic (exact) mass is 260 g/mol. The molecule has 18 heavy (non-hydrogen) atoms. The number of ether oxygens (including phenoxy) is 1. The lowest BCUT2D eigenvalue weighted by atomic mass is 9.94. The van der Waals surface area contributed by atoms with Crippen molar-refractivity contribution in [2.75, 3.05) is 0 Å². The summed E-state index contributed by atoms with van der Waals surface area (Å²) >= 11 is 0. The van der Waals surface area contributed by atoms with Crippen molar-refractivity contribution in [1.29, 1.82) is 0 Å². The first kappa shape index (κ1) is 13.1. The number of nitrogens with two attached hydrogens (primary N) is 1. The molecule has 0 radical (unpaired) electrons. The van der Waals surface area contributed by atoms with E-state index in [1.54, 1.807) is 0 Å². The van der Waals surface area contributed by atoms with Gasteiger partial charge in [0.25, 0.3) is 0 Å². The summed E-state index contributed by atoms with van der Waals surface area (Å²) in [6.07, 6.45) is -0.147. The van der Waals surface area contributed by atoms with Crippen molar-refractivity contribution in [3.8, 4) is 5.88 Å². The van der Waals surface area contributed by atoms with Crippen LogP contribution in [0.5, 0.6) is 5.88 Å². The van der Waals surface area contributed by atoms with Gasteiger partial charge in [-0.15, -0.1) is 0 Å². The van der Waals surface area contributed by atoms with Gasteiger partial charge in [-0.2, -0.15) is 13.2 Å². The molecule has 1 aliphatic carbocycles. The zero-order valence-corrected chi connectivity index (χ0v) is 9.78. The first-order chi connectivity index (χ1) is 8.45. The fourth-order valence-corrected chi connectivity index (χ4v) is 1.99. The topological polar surface area (TPSA) is 48.1 Å². The average Bonchev–Trinajstić information content (AvgIpc) is 2.32. The second-order valence-electron chi connectivity index (χ2n) is 4.54. The van der Waals surface area contributed by atoms with Crippen molar-refractivity contribution in [3.05, 3.63) is 23.9 Å². The summed E-state index contributed by atoms with van der Waals surface area (Å²) in [7, 11) is 0. The van der Waals surface area contributed by atoms with Crippen LogP contribution in [0.25, 0.3) is 0 Å². The molecule has 1 heterocycles. The number of alkyl halides is 3. The van der Waals surface area contributed by atoms with Crippen LogP contribution in [0.15, 0.2) is 18.3 Å². The van der Waals surface area contributed by atoms with Gasteiger partial charge < -0.3 is 10.5 Å². The molecule has 0 bridgehead atoms. The molecule has 0 unspecified atom stereocenters. The highest BCUT2D eigenvalue weighted by Gasteiger charge is 2.31. The van der Waals surface area contributed by atoms with Crippen LogP contribution in [0, 0.1) is 0 Å². The van der Waals surface area contributed by atoms with E-state index in [1.165, 1.54) is 6.07 Å². The maximum Gasteiger partial charge on any atom is 0.417 e. The fourth-order valence-electron chi connectivity index (χ4n) is 1.99. The van der Waals surface area contributed by atoms with E-state index in [2.05, 4.69) is 4.98 Å². The lowest BCUT2D eigenvalue weighted by Gasteiger charge is -2.26. The summed E-state index contributed by atoms with van der Waals surface area (Å²) in [4.78, 5) is 3.68. The first-order valence-electron chi connectivity index (χ1n) is 5.90. The third-order valence-electron chi connectivity index (χ3n) is 3.07. The molecule has 0 aliphatic heterocycles. The highest BCUT2D eigenvalue weighted by atomic mass is 19.4. The Morgan fingerprint density at radius 2 is 1.83 bits per heavy atom. The zero-order valence-electron chi connectivity index (χ0n) is 9.78. The number of aromatic nitrogens is 1. The molecule has 0 spiro atoms. The largest absolute Gasteiger partial charge is 0.474 e. The number of hydrogen-bond donors (Lipinski definition) is 1. The summed E-state index contributed by atoms with van der Waals surface area (Å²) < 4.78 is 42.5. The minimum Gasteiger partial charge on any atom is -0.474 e. The first-order valence-corrected chi connectivity index (χ1v) is 5.90. The van der Waals surface area contributed by atoms with E-state index < -0.39 is 11.7 Å². The predicted octanol–water partition coefficient (Wildman–Crippen LogP) is 2.75. The van der Waals surface area contributed by atoms with Crippen molar-refractivity contribution in [2.45, 2.75) is 44.0 Å². The Bertz CT molecular complexity index is 383. The molecule has 2 rings (SSSR count). The van der Waals surface area contributed by atoms with Gasteiger partial charge in [-0.1, -0.05) is 0 Å². The van der Waals surface area contributed by atoms with Gasteiger partial charge in [-0.25, -0.2) is 4.98 Å². The average molecular weight is 260 g/mol. The van der Waals surface area contributed by atoms with Gasteiger partial charge in [0.1, 0.15) is 6.10 Å². The number of rotatable bonds is 2. The Kier molecular flexibility index (Phi) is 3.75. The van der Waals surface area contributed by atoms with Crippen LogP contribution < -0.4 is 10.5 Å². The number of hydrogen-bond acceptors (Lipinski definition) is 3. The molecule has 0 atom stereocenters. The van der Waals surface area contributed by atoms with Crippen LogP contribution in [0.3, 0.4) is 0 Å². The molecule has 1 aromatic rings. The van der Waals surface area contributed by atoms with Gasteiger partial charge in [-0.05, 0) is 31.7 Å². The quantitative estimate of drug-likeness (QED) is 0.889. The van der Waals surface area contributed by atoms with Crippen LogP contribution in [-0.4, -0.2) is 17.1 Å². The molecule has 1 fully saturated rings. The van der Waals surface area contributed by atoms with Gasteiger partial charge >= 0.3 is 6.18 Å². The van der Waals surface area contributed by atoms with E-state index >= 15 is 0 Å². The minimum atomic E-state index is -4.36. The Hall–Kier alpha value is -1.30. The van der Waals surface area contributed by atoms with E-state index in [4.69, 9.17) is 10.5 Å². The van der Waals surface area contributed by atoms with Crippen molar-refractivity contribution >= 4 is 0 Å². The Balaban J connectivity index is 1.94. The molecular formula is C12H15F3N2O. The van der Waals surface area contributed by atoms with E-state index in [1.807, 2.05) is 0 Å². The highest BCUT2D eigenvalue weighted by Crippen LogP contribution is 2.29. The Morgan fingerprint density at radius 3 is 2.33 bits per heavy atom. The molecule has 1 aliphatic rings. The third-order valence-corrected chi connectivity index (χ3v) is 3.07. The molecule has 1 aromatic heterocycles. The lowest BCUT2D eigenvalue weighted by molar-refractivity contribution is -0.137. The normalized spacial score (nSPS) is 24.9. The number of pyridine rings is 1. The van der Waals surface area contributed by atoms with Gasteiger partial charge in [0, 0.05) is 18.3 Å². The Morgan fingerprint density at radius 1 is 1.17 bits per heavy atom. The summed E-state index contributed by atoms with van der Waals surface area (Å²) in [6, 6.07) is 2.46. The lowest BCUT2D eigenvalue weighted by Crippen LogP contribution is -2.31. The van der Waals surface area contributed by atoms with E-state index in [9.17, 15) is 13.2 Å². The van der Waals surface area contributed by atoms with Crippen LogP contribution in [0.1, 0.15) is 31.2 Å². The van der Waals surface area contributed by atoms with E-state index in [0.717, 1.165) is 37.9 Å². The molecule has 1 saturated carbocycles. The third kappa shape index (κ3) is 3.35. The van der Waals surface area contributed by atoms with Gasteiger partial charge in [-0.3, -0.25) is 0 Å². The molecule has 2 N–H and O–H groups in total. The fraction of sp³-hybridized carbons (Fsp3) is 0.583. The van der Waals surface area contributed by atoms with E-state index in [0.29, 0.717) is 0 Å². The molecular weight excluding hydrogens is 245 g/mol. The van der Waals surface area contributed by atoms with Crippen molar-refractivity contribution in [3.63, 3.8) is 0 Å². The number of nitrogens with zero attached hydrogens (tertiary/aromatic N) is 1. The second-order valence-corrected chi connectivity index (χ2v) is 4.54. The van der Waals surface area contributed by atoms with Crippen molar-refractivity contribution < 1.29 is 17.9 Å². The maximum atomic E-state index is 12.3. The molecule has 3 nitrogen and oxygen atoms in total. The highest BCUT2D eigenvalue weighted by molar-refractivity contribution is 5.20. The zero-order chi connectivity index (χ0) is 13.2. The molecule has 0 amide bonds. The van der Waals surface area contributed by atoms with Crippen LogP contribution >= 0.6 is 0 Å². The van der Waals surface area contributed by atoms with Gasteiger partial charge in [0.05, 0.1) is 5.56 Å². The smallest absolute Gasteiger partial charge is 0.417 e. The maximum absolute atomic E-state index is 12.3. The summed E-state index contributed by atoms with van der Waals surface area (Å²) in [5.41, 5.74) is 5.00. The van der Waals surface area contributed by atoms with Crippen LogP contribution in [0.2, 0.25) is 0 Å². The summed E-state index contributed by atoms with van der Waals surface area (Å²) in [5, 5.41) is 0. The second kappa shape index (κ2) is 5.14. The summed E-state index contributed by atoms with van der Waals surface area (Å²) in [5.74, 6) is 0.239. The number of halogens is 3. The van der Waals surface area contributed by atoms with Gasteiger partial charge in [0.15, 0.2) is 0 Å². The SMILES string of the molecule is N[C@H]1CC[C@@H](Oc2ccc(C(F)(F)F)cn2)CC1. The molecule has 100 valence electrons. The molecule has 0 aromatic carbocycles.